The second-order valence-corrected chi connectivity index (χ2v) is 4.20. The van der Waals surface area contributed by atoms with Crippen LogP contribution in [0.15, 0.2) is 41.7 Å². The number of allylic oxidation sites excluding steroid dienone is 2. The number of esters is 1. The van der Waals surface area contributed by atoms with Crippen LogP contribution in [0.25, 0.3) is 0 Å². The lowest BCUT2D eigenvalue weighted by Crippen LogP contribution is -2.10. The number of benzene rings is 1. The van der Waals surface area contributed by atoms with Crippen molar-refractivity contribution in [3.05, 3.63) is 47.2 Å². The van der Waals surface area contributed by atoms with Gasteiger partial charge in [0.05, 0.1) is 5.92 Å². The van der Waals surface area contributed by atoms with Gasteiger partial charge in [-0.25, -0.2) is 0 Å². The van der Waals surface area contributed by atoms with Crippen molar-refractivity contribution in [1.82, 2.24) is 0 Å². The molecule has 0 amide bonds. The Labute approximate surface area is 101 Å². The average Bonchev–Trinajstić information content (AvgIpc) is 2.71. The molecule has 1 heterocycles. The molecule has 0 radical (unpaired) electrons. The molecule has 0 aliphatic carbocycles. The SMILES string of the molecule is C#C/C(C)=C1\CC(Cc2ccccc2)C(=O)O1. The fourth-order valence-electron chi connectivity index (χ4n) is 1.92. The van der Waals surface area contributed by atoms with Crippen molar-refractivity contribution in [2.24, 2.45) is 5.92 Å². The van der Waals surface area contributed by atoms with Gasteiger partial charge in [-0.15, -0.1) is 6.42 Å². The van der Waals surface area contributed by atoms with Crippen LogP contribution in [-0.2, 0) is 16.0 Å². The molecule has 86 valence electrons. The summed E-state index contributed by atoms with van der Waals surface area (Å²) in [6, 6.07) is 9.94. The standard InChI is InChI=1S/C15H14O2/c1-3-11(2)14-10-13(15(16)17-14)9-12-7-5-4-6-8-12/h1,4-8,13H,9-10H2,2H3/b14-11+. The van der Waals surface area contributed by atoms with Crippen LogP contribution in [0.4, 0.5) is 0 Å². The maximum atomic E-state index is 11.7. The fourth-order valence-corrected chi connectivity index (χ4v) is 1.92. The van der Waals surface area contributed by atoms with E-state index in [4.69, 9.17) is 11.2 Å². The van der Waals surface area contributed by atoms with Crippen molar-refractivity contribution in [3.63, 3.8) is 0 Å². The Bertz CT molecular complexity index is 491. The van der Waals surface area contributed by atoms with Gasteiger partial charge >= 0.3 is 5.97 Å². The lowest BCUT2D eigenvalue weighted by Gasteiger charge is -2.03. The normalized spacial score (nSPS) is 21.9. The van der Waals surface area contributed by atoms with Crippen LogP contribution in [0.2, 0.25) is 0 Å². The molecule has 0 spiro atoms. The van der Waals surface area contributed by atoms with Crippen LogP contribution in [-0.4, -0.2) is 5.97 Å². The number of ether oxygens (including phenoxy) is 1. The van der Waals surface area contributed by atoms with E-state index in [1.807, 2.05) is 30.3 Å². The molecule has 17 heavy (non-hydrogen) atoms. The Hall–Kier alpha value is -2.01. The van der Waals surface area contributed by atoms with E-state index in [0.717, 1.165) is 5.56 Å². The van der Waals surface area contributed by atoms with E-state index in [9.17, 15) is 4.79 Å². The first-order chi connectivity index (χ1) is 8.20. The van der Waals surface area contributed by atoms with Crippen molar-refractivity contribution in [3.8, 4) is 12.3 Å². The quantitative estimate of drug-likeness (QED) is 0.572. The van der Waals surface area contributed by atoms with E-state index in [0.29, 0.717) is 24.2 Å². The van der Waals surface area contributed by atoms with E-state index in [1.54, 1.807) is 6.92 Å². The Morgan fingerprint density at radius 2 is 2.18 bits per heavy atom. The summed E-state index contributed by atoms with van der Waals surface area (Å²) in [5.41, 5.74) is 1.86. The number of terminal acetylenes is 1. The highest BCUT2D eigenvalue weighted by molar-refractivity contribution is 5.77. The zero-order valence-electron chi connectivity index (χ0n) is 9.77. The van der Waals surface area contributed by atoms with Crippen molar-refractivity contribution in [1.29, 1.82) is 0 Å². The van der Waals surface area contributed by atoms with Crippen molar-refractivity contribution >= 4 is 5.97 Å². The molecule has 1 unspecified atom stereocenters. The Morgan fingerprint density at radius 1 is 1.47 bits per heavy atom. The smallest absolute Gasteiger partial charge is 0.314 e. The molecule has 1 fully saturated rings. The first-order valence-corrected chi connectivity index (χ1v) is 5.62. The summed E-state index contributed by atoms with van der Waals surface area (Å²) in [4.78, 5) is 11.7. The highest BCUT2D eigenvalue weighted by atomic mass is 16.5. The molecule has 0 aromatic heterocycles. The van der Waals surface area contributed by atoms with Gasteiger partial charge in [0.1, 0.15) is 5.76 Å². The summed E-state index contributed by atoms with van der Waals surface area (Å²) < 4.78 is 5.20. The molecule has 2 nitrogen and oxygen atoms in total. The molecule has 0 bridgehead atoms. The Morgan fingerprint density at radius 3 is 2.82 bits per heavy atom. The zero-order chi connectivity index (χ0) is 12.3. The third-order valence-corrected chi connectivity index (χ3v) is 2.95. The first-order valence-electron chi connectivity index (χ1n) is 5.62. The van der Waals surface area contributed by atoms with E-state index in [-0.39, 0.29) is 11.9 Å². The van der Waals surface area contributed by atoms with E-state index in [2.05, 4.69) is 5.92 Å². The van der Waals surface area contributed by atoms with Crippen LogP contribution in [0.3, 0.4) is 0 Å². The first kappa shape index (κ1) is 11.5. The molecular weight excluding hydrogens is 212 g/mol. The summed E-state index contributed by atoms with van der Waals surface area (Å²) >= 11 is 0. The predicted octanol–water partition coefficient (Wildman–Crippen LogP) is 2.70. The topological polar surface area (TPSA) is 26.3 Å². The minimum Gasteiger partial charge on any atom is -0.430 e. The lowest BCUT2D eigenvalue weighted by molar-refractivity contribution is -0.139. The molecule has 1 aliphatic heterocycles. The molecular formula is C15H14O2. The summed E-state index contributed by atoms with van der Waals surface area (Å²) in [7, 11) is 0. The van der Waals surface area contributed by atoms with Crippen LogP contribution in [0, 0.1) is 18.3 Å². The number of hydrogen-bond acceptors (Lipinski definition) is 2. The number of carbonyl (C=O) groups is 1. The number of cyclic esters (lactones) is 1. The van der Waals surface area contributed by atoms with Crippen molar-refractivity contribution in [2.45, 2.75) is 19.8 Å². The number of rotatable bonds is 2. The zero-order valence-corrected chi connectivity index (χ0v) is 9.77. The maximum absolute atomic E-state index is 11.7. The number of hydrogen-bond donors (Lipinski definition) is 0. The van der Waals surface area contributed by atoms with Crippen LogP contribution >= 0.6 is 0 Å². The van der Waals surface area contributed by atoms with Gasteiger partial charge in [-0.1, -0.05) is 36.3 Å². The van der Waals surface area contributed by atoms with Gasteiger partial charge in [0.2, 0.25) is 0 Å². The summed E-state index contributed by atoms with van der Waals surface area (Å²) in [6.45, 7) is 1.80. The highest BCUT2D eigenvalue weighted by Gasteiger charge is 2.31. The fraction of sp³-hybridized carbons (Fsp3) is 0.267. The molecule has 0 N–H and O–H groups in total. The van der Waals surface area contributed by atoms with E-state index >= 15 is 0 Å². The van der Waals surface area contributed by atoms with Crippen LogP contribution in [0.5, 0.6) is 0 Å². The van der Waals surface area contributed by atoms with Crippen molar-refractivity contribution < 1.29 is 9.53 Å². The summed E-state index contributed by atoms with van der Waals surface area (Å²) in [5.74, 6) is 2.90. The average molecular weight is 226 g/mol. The monoisotopic (exact) mass is 226 g/mol. The van der Waals surface area contributed by atoms with Gasteiger partial charge in [-0.3, -0.25) is 4.79 Å². The van der Waals surface area contributed by atoms with Crippen LogP contribution < -0.4 is 0 Å². The molecule has 0 saturated carbocycles. The molecule has 1 aliphatic rings. The molecule has 2 rings (SSSR count). The summed E-state index contributed by atoms with van der Waals surface area (Å²) in [5, 5.41) is 0. The van der Waals surface area contributed by atoms with Gasteiger partial charge in [0, 0.05) is 12.0 Å². The minimum absolute atomic E-state index is 0.101. The Kier molecular flexibility index (Phi) is 3.30. The second kappa shape index (κ2) is 4.88. The molecule has 1 aromatic carbocycles. The van der Waals surface area contributed by atoms with Gasteiger partial charge in [-0.2, -0.15) is 0 Å². The second-order valence-electron chi connectivity index (χ2n) is 4.20. The molecule has 1 aromatic rings. The third-order valence-electron chi connectivity index (χ3n) is 2.95. The largest absolute Gasteiger partial charge is 0.430 e. The highest BCUT2D eigenvalue weighted by Crippen LogP contribution is 2.29. The van der Waals surface area contributed by atoms with E-state index in [1.165, 1.54) is 0 Å². The third kappa shape index (κ3) is 2.57. The minimum atomic E-state index is -0.168. The maximum Gasteiger partial charge on any atom is 0.314 e. The van der Waals surface area contributed by atoms with Gasteiger partial charge in [-0.05, 0) is 18.9 Å². The van der Waals surface area contributed by atoms with Crippen LogP contribution in [0.1, 0.15) is 18.9 Å². The summed E-state index contributed by atoms with van der Waals surface area (Å²) in [6.07, 6.45) is 6.62. The van der Waals surface area contributed by atoms with Crippen molar-refractivity contribution in [2.75, 3.05) is 0 Å². The van der Waals surface area contributed by atoms with Gasteiger partial charge in [0.25, 0.3) is 0 Å². The van der Waals surface area contributed by atoms with Gasteiger partial charge in [0.15, 0.2) is 0 Å². The van der Waals surface area contributed by atoms with Gasteiger partial charge < -0.3 is 4.74 Å². The Balaban J connectivity index is 2.10. The predicted molar refractivity (Wildman–Crippen MR) is 65.9 cm³/mol. The molecule has 1 saturated heterocycles. The lowest BCUT2D eigenvalue weighted by atomic mass is 9.97. The molecule has 2 heteroatoms. The van der Waals surface area contributed by atoms with E-state index < -0.39 is 0 Å². The number of carbonyl (C=O) groups excluding carboxylic acids is 1. The molecule has 1 atom stereocenters.